The zero-order chi connectivity index (χ0) is 21.9. The predicted molar refractivity (Wildman–Crippen MR) is 124 cm³/mol. The molecule has 3 rings (SSSR count). The highest BCUT2D eigenvalue weighted by molar-refractivity contribution is 5.80. The van der Waals surface area contributed by atoms with Crippen LogP contribution >= 0.6 is 0 Å². The number of hydrogen-bond donors (Lipinski definition) is 2. The first-order chi connectivity index (χ1) is 15.2. The van der Waals surface area contributed by atoms with E-state index in [9.17, 15) is 5.11 Å². The van der Waals surface area contributed by atoms with Crippen LogP contribution < -0.4 is 14.8 Å². The lowest BCUT2D eigenvalue weighted by Crippen LogP contribution is -2.53. The summed E-state index contributed by atoms with van der Waals surface area (Å²) in [5.41, 5.74) is 0.837. The van der Waals surface area contributed by atoms with Crippen LogP contribution in [0.5, 0.6) is 11.5 Å². The molecule has 31 heavy (non-hydrogen) atoms. The third-order valence-electron chi connectivity index (χ3n) is 5.34. The Morgan fingerprint density at radius 3 is 2.39 bits per heavy atom. The number of benzene rings is 2. The van der Waals surface area contributed by atoms with E-state index in [0.29, 0.717) is 13.2 Å². The summed E-state index contributed by atoms with van der Waals surface area (Å²) in [6.07, 6.45) is -0.643. The Hall–Kier alpha value is -2.77. The number of piperazine rings is 1. The van der Waals surface area contributed by atoms with E-state index in [0.717, 1.165) is 62.3 Å². The van der Waals surface area contributed by atoms with Crippen LogP contribution in [0.25, 0.3) is 0 Å². The minimum Gasteiger partial charge on any atom is -0.497 e. The van der Waals surface area contributed by atoms with Crippen LogP contribution in [0.1, 0.15) is 18.6 Å². The van der Waals surface area contributed by atoms with Gasteiger partial charge in [-0.25, -0.2) is 0 Å². The lowest BCUT2D eigenvalue weighted by atomic mass is 10.1. The van der Waals surface area contributed by atoms with Gasteiger partial charge in [0, 0.05) is 39.3 Å². The highest BCUT2D eigenvalue weighted by Gasteiger charge is 2.20. The normalized spacial score (nSPS) is 16.1. The fourth-order valence-electron chi connectivity index (χ4n) is 3.52. The van der Waals surface area contributed by atoms with Crippen molar-refractivity contribution in [3.8, 4) is 11.5 Å². The van der Waals surface area contributed by atoms with Crippen LogP contribution in [0.4, 0.5) is 0 Å². The van der Waals surface area contributed by atoms with Crippen LogP contribution in [0, 0.1) is 0 Å². The number of hydrogen-bond acceptors (Lipinski definition) is 5. The molecule has 0 bridgehead atoms. The molecule has 0 radical (unpaired) electrons. The van der Waals surface area contributed by atoms with Crippen molar-refractivity contribution in [1.29, 1.82) is 0 Å². The minimum atomic E-state index is -0.643. The molecule has 1 unspecified atom stereocenters. The maximum absolute atomic E-state index is 10.5. The highest BCUT2D eigenvalue weighted by atomic mass is 16.5. The van der Waals surface area contributed by atoms with Crippen molar-refractivity contribution in [2.45, 2.75) is 13.0 Å². The van der Waals surface area contributed by atoms with Gasteiger partial charge in [-0.05, 0) is 36.8 Å². The van der Waals surface area contributed by atoms with Gasteiger partial charge in [-0.2, -0.15) is 0 Å². The van der Waals surface area contributed by atoms with E-state index in [1.54, 1.807) is 7.11 Å². The fourth-order valence-corrected chi connectivity index (χ4v) is 3.52. The molecule has 0 aromatic heterocycles. The van der Waals surface area contributed by atoms with Crippen molar-refractivity contribution >= 4 is 5.96 Å². The molecule has 2 aromatic carbocycles. The third kappa shape index (κ3) is 7.15. The Bertz CT molecular complexity index is 790. The molecule has 0 spiro atoms. The fraction of sp³-hybridized carbons (Fsp3) is 0.458. The molecule has 1 fully saturated rings. The molecule has 7 heteroatoms. The summed E-state index contributed by atoms with van der Waals surface area (Å²) in [6.45, 7) is 8.49. The molecule has 0 amide bonds. The zero-order valence-electron chi connectivity index (χ0n) is 18.5. The number of ether oxygens (including phenoxy) is 2. The number of aliphatic hydroxyl groups is 1. The second-order valence-corrected chi connectivity index (χ2v) is 7.47. The average Bonchev–Trinajstić information content (AvgIpc) is 2.83. The summed E-state index contributed by atoms with van der Waals surface area (Å²) in [4.78, 5) is 9.36. The first-order valence-electron chi connectivity index (χ1n) is 10.9. The second-order valence-electron chi connectivity index (χ2n) is 7.47. The molecule has 1 atom stereocenters. The van der Waals surface area contributed by atoms with E-state index in [-0.39, 0.29) is 0 Å². The van der Waals surface area contributed by atoms with Gasteiger partial charge in [0.05, 0.1) is 19.8 Å². The van der Waals surface area contributed by atoms with Crippen molar-refractivity contribution in [1.82, 2.24) is 15.1 Å². The van der Waals surface area contributed by atoms with E-state index in [4.69, 9.17) is 9.47 Å². The maximum Gasteiger partial charge on any atom is 0.194 e. The number of aliphatic hydroxyl groups excluding tert-OH is 1. The van der Waals surface area contributed by atoms with Crippen LogP contribution in [-0.4, -0.2) is 80.4 Å². The van der Waals surface area contributed by atoms with E-state index in [1.165, 1.54) is 0 Å². The Labute approximate surface area is 185 Å². The SMILES string of the molecule is CCNC(=NCC(O)c1ccc(OC)cc1)N1CCN(CCOc2ccccc2)CC1. The largest absolute Gasteiger partial charge is 0.497 e. The molecule has 2 aromatic rings. The van der Waals surface area contributed by atoms with Gasteiger partial charge in [0.2, 0.25) is 0 Å². The van der Waals surface area contributed by atoms with Gasteiger partial charge in [-0.15, -0.1) is 0 Å². The van der Waals surface area contributed by atoms with E-state index in [1.807, 2.05) is 54.6 Å². The predicted octanol–water partition coefficient (Wildman–Crippen LogP) is 2.39. The summed E-state index contributed by atoms with van der Waals surface area (Å²) in [6, 6.07) is 17.4. The van der Waals surface area contributed by atoms with Crippen molar-refractivity contribution in [2.24, 2.45) is 4.99 Å². The summed E-state index contributed by atoms with van der Waals surface area (Å²) in [7, 11) is 1.63. The number of methoxy groups -OCH3 is 1. The number of aliphatic imine (C=N–C) groups is 1. The van der Waals surface area contributed by atoms with Gasteiger partial charge in [-0.1, -0.05) is 30.3 Å². The smallest absolute Gasteiger partial charge is 0.194 e. The lowest BCUT2D eigenvalue weighted by molar-refractivity contribution is 0.151. The van der Waals surface area contributed by atoms with Crippen molar-refractivity contribution in [3.63, 3.8) is 0 Å². The zero-order valence-corrected chi connectivity index (χ0v) is 18.5. The summed E-state index contributed by atoms with van der Waals surface area (Å²) in [5.74, 6) is 2.55. The minimum absolute atomic E-state index is 0.319. The number of nitrogens with one attached hydrogen (secondary N) is 1. The quantitative estimate of drug-likeness (QED) is 0.474. The Morgan fingerprint density at radius 2 is 1.74 bits per heavy atom. The van der Waals surface area contributed by atoms with E-state index < -0.39 is 6.10 Å². The lowest BCUT2D eigenvalue weighted by Gasteiger charge is -2.36. The molecule has 0 aliphatic carbocycles. The monoisotopic (exact) mass is 426 g/mol. The van der Waals surface area contributed by atoms with E-state index in [2.05, 4.69) is 27.0 Å². The number of para-hydroxylation sites is 1. The molecule has 1 aliphatic heterocycles. The van der Waals surface area contributed by atoms with Crippen molar-refractivity contribution in [2.75, 3.05) is 59.5 Å². The summed E-state index contributed by atoms with van der Waals surface area (Å²) >= 11 is 0. The van der Waals surface area contributed by atoms with Crippen molar-refractivity contribution < 1.29 is 14.6 Å². The Morgan fingerprint density at radius 1 is 1.03 bits per heavy atom. The highest BCUT2D eigenvalue weighted by Crippen LogP contribution is 2.18. The van der Waals surface area contributed by atoms with Gasteiger partial charge >= 0.3 is 0 Å². The molecule has 7 nitrogen and oxygen atoms in total. The van der Waals surface area contributed by atoms with Crippen LogP contribution in [-0.2, 0) is 0 Å². The first kappa shape index (κ1) is 22.9. The maximum atomic E-state index is 10.5. The van der Waals surface area contributed by atoms with Crippen molar-refractivity contribution in [3.05, 3.63) is 60.2 Å². The van der Waals surface area contributed by atoms with Crippen LogP contribution in [0.2, 0.25) is 0 Å². The molecule has 168 valence electrons. The summed E-state index contributed by atoms with van der Waals surface area (Å²) in [5, 5.41) is 13.9. The number of guanidine groups is 1. The Balaban J connectivity index is 1.46. The van der Waals surface area contributed by atoms with Gasteiger partial charge in [0.1, 0.15) is 18.1 Å². The number of rotatable bonds is 9. The van der Waals surface area contributed by atoms with Gasteiger partial charge in [-0.3, -0.25) is 9.89 Å². The topological polar surface area (TPSA) is 69.6 Å². The Kier molecular flexibility index (Phi) is 8.99. The standard InChI is InChI=1S/C24H34N4O3/c1-3-25-24(26-19-23(29)20-9-11-21(30-2)12-10-20)28-15-13-27(14-16-28)17-18-31-22-7-5-4-6-8-22/h4-12,23,29H,3,13-19H2,1-2H3,(H,25,26). The first-order valence-corrected chi connectivity index (χ1v) is 10.9. The van der Waals surface area contributed by atoms with Crippen LogP contribution in [0.15, 0.2) is 59.6 Å². The second kappa shape index (κ2) is 12.2. The summed E-state index contributed by atoms with van der Waals surface area (Å²) < 4.78 is 11.0. The van der Waals surface area contributed by atoms with E-state index >= 15 is 0 Å². The molecular formula is C24H34N4O3. The van der Waals surface area contributed by atoms with Gasteiger partial charge < -0.3 is 24.8 Å². The molecule has 0 saturated carbocycles. The average molecular weight is 427 g/mol. The molecule has 1 aliphatic rings. The van der Waals surface area contributed by atoms with Crippen LogP contribution in [0.3, 0.4) is 0 Å². The van der Waals surface area contributed by atoms with Gasteiger partial charge in [0.15, 0.2) is 5.96 Å². The molecule has 2 N–H and O–H groups in total. The molecule has 1 saturated heterocycles. The molecule has 1 heterocycles. The van der Waals surface area contributed by atoms with Gasteiger partial charge in [0.25, 0.3) is 0 Å². The molecular weight excluding hydrogens is 392 g/mol. The number of nitrogens with zero attached hydrogens (tertiary/aromatic N) is 3. The third-order valence-corrected chi connectivity index (χ3v) is 5.34.